The summed E-state index contributed by atoms with van der Waals surface area (Å²) in [6.45, 7) is 0. The van der Waals surface area contributed by atoms with Crippen LogP contribution in [-0.4, -0.2) is 37.8 Å². The second-order valence-electron chi connectivity index (χ2n) is 8.57. The van der Waals surface area contributed by atoms with E-state index in [1.54, 1.807) is 25.2 Å². The Kier molecular flexibility index (Phi) is 7.50. The smallest absolute Gasteiger partial charge is 0.471 e. The second-order valence-corrected chi connectivity index (χ2v) is 8.57. The van der Waals surface area contributed by atoms with Crippen LogP contribution in [0, 0.1) is 0 Å². The van der Waals surface area contributed by atoms with E-state index in [1.165, 1.54) is 19.2 Å². The Labute approximate surface area is 193 Å². The fourth-order valence-corrected chi connectivity index (χ4v) is 4.43. The van der Waals surface area contributed by atoms with Crippen molar-refractivity contribution in [2.75, 3.05) is 14.2 Å². The number of ether oxygens (including phenoxy) is 1. The van der Waals surface area contributed by atoms with Gasteiger partial charge in [-0.25, -0.2) is 0 Å². The number of carbonyl (C=O) groups is 1. The molecule has 0 saturated heterocycles. The number of halogens is 6. The van der Waals surface area contributed by atoms with E-state index in [9.17, 15) is 31.1 Å². The summed E-state index contributed by atoms with van der Waals surface area (Å²) in [5.41, 5.74) is -0.244. The Morgan fingerprint density at radius 1 is 1.00 bits per heavy atom. The minimum atomic E-state index is -5.01. The topological polar surface area (TPSA) is 50.4 Å². The second kappa shape index (κ2) is 9.85. The van der Waals surface area contributed by atoms with Gasteiger partial charge in [0.1, 0.15) is 5.75 Å². The largest absolute Gasteiger partial charge is 0.496 e. The zero-order chi connectivity index (χ0) is 25.1. The molecule has 1 aliphatic rings. The number of benzene rings is 2. The third-order valence-electron chi connectivity index (χ3n) is 6.34. The lowest BCUT2D eigenvalue weighted by Crippen LogP contribution is -2.57. The maximum atomic E-state index is 13.1. The van der Waals surface area contributed by atoms with Crippen molar-refractivity contribution in [1.82, 2.24) is 10.6 Å². The van der Waals surface area contributed by atoms with Crippen molar-refractivity contribution < 1.29 is 35.9 Å². The third kappa shape index (κ3) is 6.02. The summed E-state index contributed by atoms with van der Waals surface area (Å²) in [5, 5.41) is 5.35. The normalized spacial score (nSPS) is 21.2. The van der Waals surface area contributed by atoms with Crippen molar-refractivity contribution in [2.45, 2.75) is 56.0 Å². The van der Waals surface area contributed by atoms with E-state index < -0.39 is 29.4 Å². The van der Waals surface area contributed by atoms with E-state index in [0.29, 0.717) is 48.1 Å². The minimum absolute atomic E-state index is 0.0862. The van der Waals surface area contributed by atoms with Gasteiger partial charge < -0.3 is 15.4 Å². The molecule has 10 heteroatoms. The van der Waals surface area contributed by atoms with Crippen LogP contribution in [0.5, 0.6) is 5.75 Å². The Balaban J connectivity index is 1.94. The predicted molar refractivity (Wildman–Crippen MR) is 115 cm³/mol. The van der Waals surface area contributed by atoms with Crippen molar-refractivity contribution in [2.24, 2.45) is 0 Å². The summed E-state index contributed by atoms with van der Waals surface area (Å²) in [7, 11) is 3.21. The van der Waals surface area contributed by atoms with Gasteiger partial charge in [-0.15, -0.1) is 0 Å². The molecule has 34 heavy (non-hydrogen) atoms. The summed E-state index contributed by atoms with van der Waals surface area (Å²) in [5.74, 6) is -1.57. The van der Waals surface area contributed by atoms with Crippen LogP contribution in [0.15, 0.2) is 42.5 Å². The molecule has 1 aliphatic carbocycles. The molecule has 1 fully saturated rings. The lowest BCUT2D eigenvalue weighted by Gasteiger charge is -2.41. The molecule has 186 valence electrons. The van der Waals surface area contributed by atoms with Gasteiger partial charge in [0.2, 0.25) is 0 Å². The van der Waals surface area contributed by atoms with E-state index in [-0.39, 0.29) is 12.5 Å². The van der Waals surface area contributed by atoms with Gasteiger partial charge in [0, 0.05) is 11.6 Å². The first-order valence-corrected chi connectivity index (χ1v) is 10.8. The Morgan fingerprint density at radius 3 is 2.09 bits per heavy atom. The molecule has 4 nitrogen and oxygen atoms in total. The average molecular weight is 488 g/mol. The van der Waals surface area contributed by atoms with Gasteiger partial charge in [-0.2, -0.15) is 26.3 Å². The molecule has 1 amide bonds. The van der Waals surface area contributed by atoms with Crippen molar-refractivity contribution >= 4 is 5.91 Å². The molecule has 0 aliphatic heterocycles. The maximum Gasteiger partial charge on any atom is 0.471 e. The number of amides is 1. The standard InChI is InChI=1S/C24H26F6N2O2/c1-31-19-9-11-22(12-10-19,32-21(33)24(28,29)30)14-17-13-16(5-8-20(17)34-2)15-3-6-18(7-4-15)23(25,26)27/h3-8,13,19,31H,9-12,14H2,1-2H3,(H,32,33). The Bertz CT molecular complexity index is 994. The Morgan fingerprint density at radius 2 is 1.59 bits per heavy atom. The van der Waals surface area contributed by atoms with Crippen LogP contribution in [-0.2, 0) is 17.4 Å². The van der Waals surface area contributed by atoms with E-state index in [0.717, 1.165) is 12.1 Å². The van der Waals surface area contributed by atoms with Gasteiger partial charge in [0.05, 0.1) is 12.7 Å². The average Bonchev–Trinajstić information content (AvgIpc) is 2.78. The van der Waals surface area contributed by atoms with Crippen LogP contribution >= 0.6 is 0 Å². The zero-order valence-electron chi connectivity index (χ0n) is 18.7. The fraction of sp³-hybridized carbons (Fsp3) is 0.458. The van der Waals surface area contributed by atoms with E-state index >= 15 is 0 Å². The van der Waals surface area contributed by atoms with Crippen molar-refractivity contribution in [1.29, 1.82) is 0 Å². The first-order chi connectivity index (χ1) is 15.9. The molecule has 0 heterocycles. The van der Waals surface area contributed by atoms with Gasteiger partial charge in [0.15, 0.2) is 0 Å². The van der Waals surface area contributed by atoms with Crippen LogP contribution in [0.3, 0.4) is 0 Å². The van der Waals surface area contributed by atoms with Crippen LogP contribution in [0.25, 0.3) is 11.1 Å². The minimum Gasteiger partial charge on any atom is -0.496 e. The van der Waals surface area contributed by atoms with Crippen LogP contribution in [0.2, 0.25) is 0 Å². The van der Waals surface area contributed by atoms with Gasteiger partial charge in [-0.1, -0.05) is 18.2 Å². The van der Waals surface area contributed by atoms with Crippen molar-refractivity contribution in [3.8, 4) is 16.9 Å². The van der Waals surface area contributed by atoms with Gasteiger partial charge in [-0.3, -0.25) is 4.79 Å². The molecule has 0 radical (unpaired) electrons. The number of nitrogens with one attached hydrogen (secondary N) is 2. The number of hydrogen-bond acceptors (Lipinski definition) is 3. The van der Waals surface area contributed by atoms with Crippen LogP contribution < -0.4 is 15.4 Å². The summed E-state index contributed by atoms with van der Waals surface area (Å²) in [6, 6.07) is 9.75. The highest BCUT2D eigenvalue weighted by Gasteiger charge is 2.45. The molecule has 2 aromatic carbocycles. The van der Waals surface area contributed by atoms with Crippen LogP contribution in [0.1, 0.15) is 36.8 Å². The molecule has 0 spiro atoms. The van der Waals surface area contributed by atoms with E-state index in [2.05, 4.69) is 10.6 Å². The first-order valence-electron chi connectivity index (χ1n) is 10.8. The lowest BCUT2D eigenvalue weighted by atomic mass is 9.75. The molecule has 0 unspecified atom stereocenters. The highest BCUT2D eigenvalue weighted by Crippen LogP contribution is 2.37. The molecule has 3 rings (SSSR count). The lowest BCUT2D eigenvalue weighted by molar-refractivity contribution is -0.176. The fourth-order valence-electron chi connectivity index (χ4n) is 4.43. The monoisotopic (exact) mass is 488 g/mol. The van der Waals surface area contributed by atoms with E-state index in [4.69, 9.17) is 4.74 Å². The molecular formula is C24H26F6N2O2. The van der Waals surface area contributed by atoms with E-state index in [1.807, 2.05) is 0 Å². The number of carbonyl (C=O) groups excluding carboxylic acids is 1. The summed E-state index contributed by atoms with van der Waals surface area (Å²) in [4.78, 5) is 11.9. The summed E-state index contributed by atoms with van der Waals surface area (Å²) < 4.78 is 83.3. The quantitative estimate of drug-likeness (QED) is 0.528. The van der Waals surface area contributed by atoms with Crippen LogP contribution in [0.4, 0.5) is 26.3 Å². The number of hydrogen-bond donors (Lipinski definition) is 2. The first kappa shape index (κ1) is 25.9. The number of rotatable bonds is 6. The highest BCUT2D eigenvalue weighted by atomic mass is 19.4. The molecular weight excluding hydrogens is 462 g/mol. The highest BCUT2D eigenvalue weighted by molar-refractivity contribution is 5.82. The molecule has 0 aromatic heterocycles. The number of methoxy groups -OCH3 is 1. The summed E-state index contributed by atoms with van der Waals surface area (Å²) >= 11 is 0. The number of alkyl halides is 6. The predicted octanol–water partition coefficient (Wildman–Crippen LogP) is 5.50. The van der Waals surface area contributed by atoms with Gasteiger partial charge >= 0.3 is 18.3 Å². The van der Waals surface area contributed by atoms with Crippen molar-refractivity contribution in [3.63, 3.8) is 0 Å². The molecule has 2 aromatic rings. The third-order valence-corrected chi connectivity index (χ3v) is 6.34. The Hall–Kier alpha value is -2.75. The summed E-state index contributed by atoms with van der Waals surface area (Å²) in [6.07, 6.45) is -7.58. The zero-order valence-corrected chi connectivity index (χ0v) is 18.7. The van der Waals surface area contributed by atoms with Crippen molar-refractivity contribution in [3.05, 3.63) is 53.6 Å². The SMILES string of the molecule is CNC1CCC(Cc2cc(-c3ccc(C(F)(F)F)cc3)ccc2OC)(NC(=O)C(F)(F)F)CC1. The maximum absolute atomic E-state index is 13.1. The molecule has 2 N–H and O–H groups in total. The molecule has 0 bridgehead atoms. The van der Waals surface area contributed by atoms with Gasteiger partial charge in [-0.05, 0) is 80.1 Å². The molecule has 0 atom stereocenters. The van der Waals surface area contributed by atoms with Gasteiger partial charge in [0.25, 0.3) is 0 Å². The molecule has 1 saturated carbocycles.